The van der Waals surface area contributed by atoms with Crippen LogP contribution in [0.3, 0.4) is 0 Å². The average Bonchev–Trinajstić information content (AvgIpc) is 2.11. The Morgan fingerprint density at radius 3 is 2.23 bits per heavy atom. The van der Waals surface area contributed by atoms with Crippen molar-refractivity contribution in [2.24, 2.45) is 11.8 Å². The van der Waals surface area contributed by atoms with Crippen LogP contribution >= 0.6 is 0 Å². The number of rotatable bonds is 7. The smallest absolute Gasteiger partial charge is 0.0735 e. The van der Waals surface area contributed by atoms with E-state index in [2.05, 4.69) is 26.2 Å². The summed E-state index contributed by atoms with van der Waals surface area (Å²) in [5, 5.41) is 0. The zero-order chi connectivity index (χ0) is 10.3. The van der Waals surface area contributed by atoms with Crippen LogP contribution in [0.15, 0.2) is 0 Å². The first-order chi connectivity index (χ1) is 6.15. The summed E-state index contributed by atoms with van der Waals surface area (Å²) in [7, 11) is 1.74. The van der Waals surface area contributed by atoms with E-state index in [1.807, 2.05) is 0 Å². The van der Waals surface area contributed by atoms with E-state index in [-0.39, 0.29) is 12.1 Å². The van der Waals surface area contributed by atoms with Gasteiger partial charge in [0, 0.05) is 13.2 Å². The zero-order valence-electron chi connectivity index (χ0n) is 9.34. The average molecular weight is 188 g/mol. The van der Waals surface area contributed by atoms with E-state index in [1.165, 1.54) is 6.42 Å². The second-order valence-corrected chi connectivity index (χ2v) is 3.93. The molecule has 3 N–H and O–H groups in total. The SMILES string of the molecule is CCC(OC)C(CCC(C)C)NN. The topological polar surface area (TPSA) is 47.3 Å². The summed E-state index contributed by atoms with van der Waals surface area (Å²) >= 11 is 0. The van der Waals surface area contributed by atoms with Crippen molar-refractivity contribution in [2.75, 3.05) is 7.11 Å². The van der Waals surface area contributed by atoms with Crippen LogP contribution in [0, 0.1) is 5.92 Å². The molecule has 13 heavy (non-hydrogen) atoms. The Labute approximate surface area is 82.0 Å². The van der Waals surface area contributed by atoms with Gasteiger partial charge in [-0.25, -0.2) is 0 Å². The highest BCUT2D eigenvalue weighted by molar-refractivity contribution is 4.74. The molecule has 0 fully saturated rings. The van der Waals surface area contributed by atoms with E-state index in [9.17, 15) is 0 Å². The van der Waals surface area contributed by atoms with Gasteiger partial charge >= 0.3 is 0 Å². The van der Waals surface area contributed by atoms with Crippen LogP contribution in [-0.2, 0) is 4.74 Å². The monoisotopic (exact) mass is 188 g/mol. The quantitative estimate of drug-likeness (QED) is 0.472. The first-order valence-corrected chi connectivity index (χ1v) is 5.14. The molecule has 0 saturated heterocycles. The number of hydrogen-bond donors (Lipinski definition) is 2. The van der Waals surface area contributed by atoms with E-state index >= 15 is 0 Å². The van der Waals surface area contributed by atoms with Crippen molar-refractivity contribution in [1.29, 1.82) is 0 Å². The second-order valence-electron chi connectivity index (χ2n) is 3.93. The van der Waals surface area contributed by atoms with Crippen LogP contribution in [-0.4, -0.2) is 19.3 Å². The van der Waals surface area contributed by atoms with E-state index in [0.717, 1.165) is 18.8 Å². The molecule has 0 saturated carbocycles. The van der Waals surface area contributed by atoms with Gasteiger partial charge in [0.15, 0.2) is 0 Å². The molecule has 0 aliphatic rings. The number of nitrogens with two attached hydrogens (primary N) is 1. The van der Waals surface area contributed by atoms with Crippen LogP contribution in [0.5, 0.6) is 0 Å². The lowest BCUT2D eigenvalue weighted by Gasteiger charge is -2.24. The van der Waals surface area contributed by atoms with Crippen LogP contribution in [0.25, 0.3) is 0 Å². The summed E-state index contributed by atoms with van der Waals surface area (Å²) in [6, 6.07) is 0.289. The van der Waals surface area contributed by atoms with Crippen molar-refractivity contribution in [3.63, 3.8) is 0 Å². The minimum Gasteiger partial charge on any atom is -0.380 e. The fraction of sp³-hybridized carbons (Fsp3) is 1.00. The van der Waals surface area contributed by atoms with Crippen LogP contribution in [0.4, 0.5) is 0 Å². The van der Waals surface area contributed by atoms with E-state index in [0.29, 0.717) is 0 Å². The maximum Gasteiger partial charge on any atom is 0.0735 e. The van der Waals surface area contributed by atoms with Gasteiger partial charge in [-0.05, 0) is 25.2 Å². The Balaban J connectivity index is 3.85. The van der Waals surface area contributed by atoms with Crippen molar-refractivity contribution >= 4 is 0 Å². The molecule has 0 aliphatic carbocycles. The Morgan fingerprint density at radius 2 is 1.92 bits per heavy atom. The van der Waals surface area contributed by atoms with E-state index < -0.39 is 0 Å². The standard InChI is InChI=1S/C10H24N2O/c1-5-10(13-4)9(12-11)7-6-8(2)3/h8-10,12H,5-7,11H2,1-4H3. The zero-order valence-corrected chi connectivity index (χ0v) is 9.34. The minimum atomic E-state index is 0.240. The predicted molar refractivity (Wildman–Crippen MR) is 56.3 cm³/mol. The maximum atomic E-state index is 5.48. The van der Waals surface area contributed by atoms with Crippen molar-refractivity contribution in [1.82, 2.24) is 5.43 Å². The third-order valence-electron chi connectivity index (χ3n) is 2.42. The van der Waals surface area contributed by atoms with Crippen molar-refractivity contribution in [3.8, 4) is 0 Å². The summed E-state index contributed by atoms with van der Waals surface area (Å²) in [5.74, 6) is 6.21. The molecule has 3 nitrogen and oxygen atoms in total. The molecule has 0 aromatic carbocycles. The summed E-state index contributed by atoms with van der Waals surface area (Å²) in [5.41, 5.74) is 2.83. The van der Waals surface area contributed by atoms with Crippen LogP contribution < -0.4 is 11.3 Å². The molecule has 0 aromatic rings. The number of nitrogens with one attached hydrogen (secondary N) is 1. The normalized spacial score (nSPS) is 16.2. The Morgan fingerprint density at radius 1 is 1.31 bits per heavy atom. The maximum absolute atomic E-state index is 5.48. The number of ether oxygens (including phenoxy) is 1. The molecule has 0 amide bonds. The molecule has 80 valence electrons. The predicted octanol–water partition coefficient (Wildman–Crippen LogP) is 1.68. The lowest BCUT2D eigenvalue weighted by atomic mass is 9.99. The molecule has 0 aliphatic heterocycles. The van der Waals surface area contributed by atoms with Gasteiger partial charge in [-0.3, -0.25) is 11.3 Å². The molecular weight excluding hydrogens is 164 g/mol. The lowest BCUT2D eigenvalue weighted by molar-refractivity contribution is 0.0607. The second kappa shape index (κ2) is 7.30. The number of hydrogen-bond acceptors (Lipinski definition) is 3. The molecule has 0 spiro atoms. The molecule has 0 rings (SSSR count). The first kappa shape index (κ1) is 12.9. The van der Waals surface area contributed by atoms with Crippen molar-refractivity contribution in [3.05, 3.63) is 0 Å². The lowest BCUT2D eigenvalue weighted by Crippen LogP contribution is -2.44. The number of hydrazine groups is 1. The van der Waals surface area contributed by atoms with Gasteiger partial charge < -0.3 is 4.74 Å². The molecule has 0 heterocycles. The summed E-state index contributed by atoms with van der Waals surface area (Å²) < 4.78 is 5.34. The molecular formula is C10H24N2O. The highest BCUT2D eigenvalue weighted by atomic mass is 16.5. The van der Waals surface area contributed by atoms with Gasteiger partial charge in [-0.15, -0.1) is 0 Å². The van der Waals surface area contributed by atoms with Gasteiger partial charge in [0.05, 0.1) is 6.10 Å². The van der Waals surface area contributed by atoms with Crippen molar-refractivity contribution < 1.29 is 4.74 Å². The highest BCUT2D eigenvalue weighted by Gasteiger charge is 2.17. The minimum absolute atomic E-state index is 0.240. The Kier molecular flexibility index (Phi) is 7.23. The van der Waals surface area contributed by atoms with Gasteiger partial charge in [-0.1, -0.05) is 20.8 Å². The summed E-state index contributed by atoms with van der Waals surface area (Å²) in [4.78, 5) is 0. The third kappa shape index (κ3) is 5.24. The van der Waals surface area contributed by atoms with Gasteiger partial charge in [0.2, 0.25) is 0 Å². The summed E-state index contributed by atoms with van der Waals surface area (Å²) in [6.07, 6.45) is 3.52. The Hall–Kier alpha value is -0.120. The van der Waals surface area contributed by atoms with E-state index in [4.69, 9.17) is 10.6 Å². The van der Waals surface area contributed by atoms with Crippen LogP contribution in [0.2, 0.25) is 0 Å². The highest BCUT2D eigenvalue weighted by Crippen LogP contribution is 2.12. The molecule has 0 radical (unpaired) electrons. The largest absolute Gasteiger partial charge is 0.380 e. The molecule has 0 aromatic heterocycles. The first-order valence-electron chi connectivity index (χ1n) is 5.14. The van der Waals surface area contributed by atoms with Crippen molar-refractivity contribution in [2.45, 2.75) is 52.2 Å². The molecule has 3 heteroatoms. The Bertz CT molecular complexity index is 113. The molecule has 0 bridgehead atoms. The van der Waals surface area contributed by atoms with Gasteiger partial charge in [-0.2, -0.15) is 0 Å². The summed E-state index contributed by atoms with van der Waals surface area (Å²) in [6.45, 7) is 6.57. The fourth-order valence-electron chi connectivity index (χ4n) is 1.50. The fourth-order valence-corrected chi connectivity index (χ4v) is 1.50. The molecule has 2 atom stereocenters. The van der Waals surface area contributed by atoms with Gasteiger partial charge in [0.25, 0.3) is 0 Å². The van der Waals surface area contributed by atoms with Gasteiger partial charge in [0.1, 0.15) is 0 Å². The third-order valence-corrected chi connectivity index (χ3v) is 2.42. The molecule has 2 unspecified atom stereocenters. The van der Waals surface area contributed by atoms with Crippen LogP contribution in [0.1, 0.15) is 40.0 Å². The number of methoxy groups -OCH3 is 1. The van der Waals surface area contributed by atoms with E-state index in [1.54, 1.807) is 7.11 Å².